The van der Waals surface area contributed by atoms with Crippen LogP contribution in [-0.4, -0.2) is 31.9 Å². The lowest BCUT2D eigenvalue weighted by Gasteiger charge is -2.16. The fourth-order valence-electron chi connectivity index (χ4n) is 4.20. The van der Waals surface area contributed by atoms with E-state index in [0.29, 0.717) is 34.4 Å². The lowest BCUT2D eigenvalue weighted by atomic mass is 9.88. The van der Waals surface area contributed by atoms with Gasteiger partial charge in [-0.3, -0.25) is 4.79 Å². The highest BCUT2D eigenvalue weighted by molar-refractivity contribution is 6.25. The van der Waals surface area contributed by atoms with Crippen LogP contribution in [0.2, 0.25) is 0 Å². The van der Waals surface area contributed by atoms with Crippen LogP contribution in [0.4, 0.5) is 0 Å². The molecule has 1 atom stereocenters. The quantitative estimate of drug-likeness (QED) is 0.152. The first kappa shape index (κ1) is 29.1. The Morgan fingerprint density at radius 2 is 1.87 bits per heavy atom. The lowest BCUT2D eigenvalue weighted by Crippen LogP contribution is -2.08. The number of hydrogen-bond donors (Lipinski definition) is 3. The van der Waals surface area contributed by atoms with E-state index in [1.165, 1.54) is 29.8 Å². The number of carbonyl (C=O) groups excluding carboxylic acids is 1. The van der Waals surface area contributed by atoms with Crippen molar-refractivity contribution in [1.82, 2.24) is 9.97 Å². The summed E-state index contributed by atoms with van der Waals surface area (Å²) in [6.07, 6.45) is 9.35. The van der Waals surface area contributed by atoms with E-state index < -0.39 is 5.97 Å². The van der Waals surface area contributed by atoms with Gasteiger partial charge in [-0.2, -0.15) is 0 Å². The second kappa shape index (κ2) is 13.9. The second-order valence-electron chi connectivity index (χ2n) is 8.98. The molecule has 0 spiro atoms. The van der Waals surface area contributed by atoms with E-state index in [9.17, 15) is 19.8 Å². The Labute approximate surface area is 233 Å². The number of phenolic OH excluding ortho intramolecular Hbond substituents is 1. The van der Waals surface area contributed by atoms with Gasteiger partial charge in [-0.25, -0.2) is 9.78 Å². The average molecular weight is 543 g/mol. The van der Waals surface area contributed by atoms with Gasteiger partial charge in [0.2, 0.25) is 0 Å². The minimum Gasteiger partial charge on any atom is -0.508 e. The number of nitrogens with one attached hydrogen (secondary N) is 1. The number of rotatable bonds is 13. The number of fused-ring (bicyclic) bond motifs is 1. The topological polar surface area (TPSA) is 103 Å². The Kier molecular flexibility index (Phi) is 10.4. The minimum absolute atomic E-state index is 0.0715. The van der Waals surface area contributed by atoms with Gasteiger partial charge in [0.1, 0.15) is 11.6 Å². The summed E-state index contributed by atoms with van der Waals surface area (Å²) in [5.41, 5.74) is 4.93. The Morgan fingerprint density at radius 3 is 2.54 bits per heavy atom. The summed E-state index contributed by atoms with van der Waals surface area (Å²) in [7, 11) is 0. The van der Waals surface area contributed by atoms with Crippen LogP contribution in [0.5, 0.6) is 5.75 Å². The molecule has 3 N–H and O–H groups in total. The van der Waals surface area contributed by atoms with Gasteiger partial charge in [-0.15, -0.1) is 0 Å². The summed E-state index contributed by atoms with van der Waals surface area (Å²) < 4.78 is 0. The molecule has 0 aliphatic heterocycles. The van der Waals surface area contributed by atoms with Gasteiger partial charge in [0, 0.05) is 35.2 Å². The number of benzene rings is 2. The van der Waals surface area contributed by atoms with Gasteiger partial charge in [-0.1, -0.05) is 86.7 Å². The molecule has 0 radical (unpaired) electrons. The maximum absolute atomic E-state index is 13.1. The zero-order chi connectivity index (χ0) is 28.4. The van der Waals surface area contributed by atoms with Crippen LogP contribution >= 0.6 is 11.6 Å². The van der Waals surface area contributed by atoms with E-state index in [4.69, 9.17) is 11.6 Å². The van der Waals surface area contributed by atoms with Gasteiger partial charge in [0.15, 0.2) is 5.78 Å². The summed E-state index contributed by atoms with van der Waals surface area (Å²) in [5, 5.41) is 19.3. The molecule has 0 fully saturated rings. The Balaban J connectivity index is 1.88. The molecule has 6 nitrogen and oxygen atoms in total. The van der Waals surface area contributed by atoms with Crippen molar-refractivity contribution in [2.75, 3.05) is 0 Å². The van der Waals surface area contributed by atoms with Gasteiger partial charge >= 0.3 is 5.97 Å². The van der Waals surface area contributed by atoms with Crippen molar-refractivity contribution < 1.29 is 19.8 Å². The molecule has 0 saturated carbocycles. The molecule has 0 bridgehead atoms. The number of aromatic nitrogens is 2. The van der Waals surface area contributed by atoms with E-state index in [-0.39, 0.29) is 28.6 Å². The van der Waals surface area contributed by atoms with Crippen LogP contribution in [0.3, 0.4) is 0 Å². The zero-order valence-electron chi connectivity index (χ0n) is 21.7. The maximum Gasteiger partial charge on any atom is 0.328 e. The summed E-state index contributed by atoms with van der Waals surface area (Å²) in [6.45, 7) is 10.1. The van der Waals surface area contributed by atoms with Crippen molar-refractivity contribution in [1.29, 1.82) is 0 Å². The second-order valence-corrected chi connectivity index (χ2v) is 9.24. The van der Waals surface area contributed by atoms with E-state index in [0.717, 1.165) is 24.5 Å². The molecule has 0 aliphatic carbocycles. The number of carboxylic acid groups (broad SMARTS) is 1. The number of phenols is 1. The molecule has 0 unspecified atom stereocenters. The van der Waals surface area contributed by atoms with Crippen LogP contribution in [0.1, 0.15) is 43.5 Å². The molecule has 0 saturated heterocycles. The van der Waals surface area contributed by atoms with Crippen molar-refractivity contribution in [3.05, 3.63) is 126 Å². The third kappa shape index (κ3) is 8.03. The van der Waals surface area contributed by atoms with E-state index in [1.807, 2.05) is 30.3 Å². The van der Waals surface area contributed by atoms with Crippen molar-refractivity contribution in [2.45, 2.75) is 32.1 Å². The molecule has 2 aromatic carbocycles. The number of carbonyl (C=O) groups is 2. The molecule has 3 rings (SSSR count). The Morgan fingerprint density at radius 1 is 1.13 bits per heavy atom. The van der Waals surface area contributed by atoms with Crippen molar-refractivity contribution in [2.24, 2.45) is 0 Å². The molecule has 0 amide bonds. The Hall–Kier alpha value is -4.42. The number of aromatic amines is 1. The normalized spacial score (nSPS) is 13.3. The van der Waals surface area contributed by atoms with Gasteiger partial charge in [-0.05, 0) is 47.3 Å². The number of H-pyrrole nitrogens is 1. The minimum atomic E-state index is -1.18. The summed E-state index contributed by atoms with van der Waals surface area (Å²) in [5.74, 6) is -0.746. The highest BCUT2D eigenvalue weighted by Gasteiger charge is 2.18. The maximum atomic E-state index is 13.1. The molecule has 0 aliphatic rings. The first-order valence-electron chi connectivity index (χ1n) is 12.5. The smallest absolute Gasteiger partial charge is 0.328 e. The molecule has 1 aromatic heterocycles. The van der Waals surface area contributed by atoms with E-state index >= 15 is 0 Å². The molecular weight excluding hydrogens is 512 g/mol. The summed E-state index contributed by atoms with van der Waals surface area (Å²) in [6, 6.07) is 14.6. The predicted octanol–water partition coefficient (Wildman–Crippen LogP) is 7.63. The largest absolute Gasteiger partial charge is 0.508 e. The zero-order valence-corrected chi connectivity index (χ0v) is 22.5. The number of carboxylic acids is 1. The SMILES string of the molecule is C=C(/C=C\C(=C\C(=O)O)C(=C)/C(=C\C=C\Cl)c1nc2ccc(O)cc2[nH]1)C(=O)C[C@H](CCC)c1ccccc1. The number of aliphatic carboxylic acids is 1. The third-order valence-corrected chi connectivity index (χ3v) is 6.32. The molecule has 39 heavy (non-hydrogen) atoms. The van der Waals surface area contributed by atoms with Crippen LogP contribution in [0.15, 0.2) is 114 Å². The van der Waals surface area contributed by atoms with Gasteiger partial charge in [0.05, 0.1) is 11.0 Å². The number of imidazole rings is 1. The number of allylic oxidation sites excluding steroid dienone is 8. The highest BCUT2D eigenvalue weighted by atomic mass is 35.5. The first-order chi connectivity index (χ1) is 18.7. The average Bonchev–Trinajstić information content (AvgIpc) is 3.33. The summed E-state index contributed by atoms with van der Waals surface area (Å²) >= 11 is 5.76. The fourth-order valence-corrected chi connectivity index (χ4v) is 4.28. The number of nitrogens with zero attached hydrogens (tertiary/aromatic N) is 1. The van der Waals surface area contributed by atoms with E-state index in [2.05, 4.69) is 30.0 Å². The van der Waals surface area contributed by atoms with Crippen molar-refractivity contribution in [3.63, 3.8) is 0 Å². The van der Waals surface area contributed by atoms with Crippen LogP contribution in [-0.2, 0) is 9.59 Å². The van der Waals surface area contributed by atoms with Crippen LogP contribution < -0.4 is 0 Å². The fraction of sp³-hybridized carbons (Fsp3) is 0.156. The number of halogens is 1. The molecule has 200 valence electrons. The van der Waals surface area contributed by atoms with Gasteiger partial charge in [0.25, 0.3) is 0 Å². The third-order valence-electron chi connectivity index (χ3n) is 6.17. The summed E-state index contributed by atoms with van der Waals surface area (Å²) in [4.78, 5) is 32.4. The molecule has 7 heteroatoms. The van der Waals surface area contributed by atoms with E-state index in [1.54, 1.807) is 18.2 Å². The molecule has 1 heterocycles. The predicted molar refractivity (Wildman–Crippen MR) is 158 cm³/mol. The number of hydrogen-bond acceptors (Lipinski definition) is 4. The lowest BCUT2D eigenvalue weighted by molar-refractivity contribution is -0.131. The first-order valence-corrected chi connectivity index (χ1v) is 12.9. The van der Waals surface area contributed by atoms with Crippen molar-refractivity contribution >= 4 is 40.0 Å². The van der Waals surface area contributed by atoms with Crippen LogP contribution in [0.25, 0.3) is 16.6 Å². The number of ketones is 1. The number of Topliss-reactive ketones (excluding diaryl/α,β-unsaturated/α-hetero) is 1. The number of aromatic hydroxyl groups is 1. The standard InChI is InChI=1S/C32H31ClN2O4/c1-4-9-25(23-10-6-5-7-11-23)18-30(37)21(2)13-14-24(19-31(38)39)22(3)27(12-8-17-33)32-34-28-16-15-26(36)20-29(28)35-32/h5-8,10-17,19-20,25,36H,2-4,9,18H2,1H3,(H,34,35)(H,38,39)/b14-13-,17-8+,24-19-,27-12+/t25-/m0/s1. The highest BCUT2D eigenvalue weighted by Crippen LogP contribution is 2.30. The molecular formula is C32H31ClN2O4. The van der Waals surface area contributed by atoms with Crippen LogP contribution in [0, 0.1) is 0 Å². The molecule has 3 aromatic rings. The van der Waals surface area contributed by atoms with Gasteiger partial charge < -0.3 is 15.2 Å². The van der Waals surface area contributed by atoms with Crippen molar-refractivity contribution in [3.8, 4) is 5.75 Å². The monoisotopic (exact) mass is 542 g/mol. The Bertz CT molecular complexity index is 1490.